The number of carbonyl (C=O) groups is 1. The summed E-state index contributed by atoms with van der Waals surface area (Å²) in [4.78, 5) is 17.6. The van der Waals surface area contributed by atoms with E-state index < -0.39 is 0 Å². The number of para-hydroxylation sites is 1. The summed E-state index contributed by atoms with van der Waals surface area (Å²) >= 11 is 6.13. The number of rotatable bonds is 8. The van der Waals surface area contributed by atoms with Crippen molar-refractivity contribution < 1.29 is 4.79 Å². The van der Waals surface area contributed by atoms with Crippen molar-refractivity contribution >= 4 is 23.3 Å². The molecule has 0 saturated heterocycles. The van der Waals surface area contributed by atoms with Crippen LogP contribution in [0.4, 0.5) is 10.5 Å². The Labute approximate surface area is 207 Å². The maximum Gasteiger partial charge on any atom is 0.322 e. The van der Waals surface area contributed by atoms with E-state index in [2.05, 4.69) is 31.0 Å². The summed E-state index contributed by atoms with van der Waals surface area (Å²) in [5, 5.41) is 8.81. The Bertz CT molecular complexity index is 1090. The Morgan fingerprint density at radius 2 is 1.88 bits per heavy atom. The fourth-order valence-electron chi connectivity index (χ4n) is 4.54. The van der Waals surface area contributed by atoms with Crippen LogP contribution in [0.2, 0.25) is 5.02 Å². The Morgan fingerprint density at radius 3 is 2.56 bits per heavy atom. The molecule has 0 unspecified atom stereocenters. The number of benzene rings is 2. The highest BCUT2D eigenvalue weighted by atomic mass is 35.5. The minimum atomic E-state index is -0.101. The molecule has 1 aliphatic heterocycles. The van der Waals surface area contributed by atoms with Crippen molar-refractivity contribution in [2.45, 2.75) is 46.7 Å². The largest absolute Gasteiger partial charge is 0.322 e. The molecule has 0 aliphatic carbocycles. The van der Waals surface area contributed by atoms with Gasteiger partial charge in [-0.05, 0) is 55.3 Å². The number of fused-ring (bicyclic) bond motifs is 1. The fraction of sp³-hybridized carbons (Fsp3) is 0.407. The summed E-state index contributed by atoms with van der Waals surface area (Å²) < 4.78 is 2.05. The van der Waals surface area contributed by atoms with Gasteiger partial charge >= 0.3 is 6.03 Å². The van der Waals surface area contributed by atoms with E-state index in [1.54, 1.807) is 0 Å². The standard InChI is InChI=1S/C27H34ClN5O/c1-4-15-31-16-14-26-24(18-31)25(30-33(26)23-12-10-21(28)11-13-23)19-32(17-20(2)3)27(34)29-22-8-6-5-7-9-22/h5-13,20H,4,14-19H2,1-3H3,(H,29,34). The molecule has 0 atom stereocenters. The predicted molar refractivity (Wildman–Crippen MR) is 139 cm³/mol. The zero-order chi connectivity index (χ0) is 24.1. The molecule has 2 heterocycles. The van der Waals surface area contributed by atoms with E-state index in [9.17, 15) is 4.79 Å². The molecule has 180 valence electrons. The molecule has 2 amide bonds. The molecule has 3 aromatic rings. The Kier molecular flexibility index (Phi) is 7.91. The molecule has 34 heavy (non-hydrogen) atoms. The summed E-state index contributed by atoms with van der Waals surface area (Å²) in [6.07, 6.45) is 2.06. The van der Waals surface area contributed by atoms with Crippen molar-refractivity contribution in [1.29, 1.82) is 0 Å². The van der Waals surface area contributed by atoms with Crippen LogP contribution in [0.25, 0.3) is 5.69 Å². The lowest BCUT2D eigenvalue weighted by Gasteiger charge is -2.28. The minimum absolute atomic E-state index is 0.101. The van der Waals surface area contributed by atoms with Crippen LogP contribution in [0.1, 0.15) is 44.1 Å². The third-order valence-corrected chi connectivity index (χ3v) is 6.32. The van der Waals surface area contributed by atoms with E-state index in [-0.39, 0.29) is 6.03 Å². The lowest BCUT2D eigenvalue weighted by Crippen LogP contribution is -2.38. The molecular weight excluding hydrogens is 446 g/mol. The van der Waals surface area contributed by atoms with Crippen molar-refractivity contribution in [2.75, 3.05) is 25.0 Å². The zero-order valence-electron chi connectivity index (χ0n) is 20.3. The van der Waals surface area contributed by atoms with Gasteiger partial charge in [0.05, 0.1) is 23.6 Å². The Morgan fingerprint density at radius 1 is 1.15 bits per heavy atom. The molecule has 0 spiro atoms. The molecule has 0 fully saturated rings. The first-order valence-corrected chi connectivity index (χ1v) is 12.5. The van der Waals surface area contributed by atoms with E-state index >= 15 is 0 Å². The van der Waals surface area contributed by atoms with Gasteiger partial charge in [-0.15, -0.1) is 0 Å². The lowest BCUT2D eigenvalue weighted by molar-refractivity contribution is 0.200. The van der Waals surface area contributed by atoms with Gasteiger partial charge in [0.1, 0.15) is 0 Å². The number of carbonyl (C=O) groups excluding carboxylic acids is 1. The van der Waals surface area contributed by atoms with Gasteiger partial charge in [0, 0.05) is 42.3 Å². The first-order valence-electron chi connectivity index (χ1n) is 12.1. The summed E-state index contributed by atoms with van der Waals surface area (Å²) in [5.41, 5.74) is 5.24. The topological polar surface area (TPSA) is 53.4 Å². The van der Waals surface area contributed by atoms with Crippen LogP contribution in [0.15, 0.2) is 54.6 Å². The molecule has 1 aliphatic rings. The molecule has 6 nitrogen and oxygen atoms in total. The van der Waals surface area contributed by atoms with Crippen molar-refractivity contribution in [3.8, 4) is 5.69 Å². The van der Waals surface area contributed by atoms with E-state index in [0.29, 0.717) is 24.0 Å². The van der Waals surface area contributed by atoms with Gasteiger partial charge in [-0.3, -0.25) is 4.90 Å². The van der Waals surface area contributed by atoms with Gasteiger partial charge in [0.2, 0.25) is 0 Å². The highest BCUT2D eigenvalue weighted by Crippen LogP contribution is 2.27. The number of amides is 2. The van der Waals surface area contributed by atoms with Crippen LogP contribution in [0.5, 0.6) is 0 Å². The van der Waals surface area contributed by atoms with Gasteiger partial charge in [0.15, 0.2) is 0 Å². The molecule has 0 radical (unpaired) electrons. The Balaban J connectivity index is 1.66. The number of halogens is 1. The van der Waals surface area contributed by atoms with Crippen LogP contribution >= 0.6 is 11.6 Å². The maximum absolute atomic E-state index is 13.3. The SMILES string of the molecule is CCCN1CCc2c(c(CN(CC(C)C)C(=O)Nc3ccccc3)nn2-c2ccc(Cl)cc2)C1. The van der Waals surface area contributed by atoms with Crippen LogP contribution in [0, 0.1) is 5.92 Å². The first kappa shape index (κ1) is 24.3. The first-order chi connectivity index (χ1) is 16.4. The average Bonchev–Trinajstić information content (AvgIpc) is 3.17. The molecule has 7 heteroatoms. The number of urea groups is 1. The molecule has 0 saturated carbocycles. The van der Waals surface area contributed by atoms with Gasteiger partial charge < -0.3 is 10.2 Å². The summed E-state index contributed by atoms with van der Waals surface area (Å²) in [5.74, 6) is 0.340. The second-order valence-electron chi connectivity index (χ2n) is 9.36. The molecule has 0 bridgehead atoms. The number of hydrogen-bond donors (Lipinski definition) is 1. The normalized spacial score (nSPS) is 13.7. The monoisotopic (exact) mass is 479 g/mol. The van der Waals surface area contributed by atoms with Gasteiger partial charge in [0.25, 0.3) is 0 Å². The molecular formula is C27H34ClN5O. The third-order valence-electron chi connectivity index (χ3n) is 6.07. The highest BCUT2D eigenvalue weighted by molar-refractivity contribution is 6.30. The van der Waals surface area contributed by atoms with E-state index in [0.717, 1.165) is 49.5 Å². The third kappa shape index (κ3) is 5.80. The quantitative estimate of drug-likeness (QED) is 0.432. The van der Waals surface area contributed by atoms with Crippen molar-refractivity contribution in [3.05, 3.63) is 76.6 Å². The van der Waals surface area contributed by atoms with Crippen LogP contribution < -0.4 is 5.32 Å². The molecule has 2 aromatic carbocycles. The van der Waals surface area contributed by atoms with Crippen LogP contribution in [-0.4, -0.2) is 45.2 Å². The van der Waals surface area contributed by atoms with Crippen molar-refractivity contribution in [2.24, 2.45) is 5.92 Å². The second-order valence-corrected chi connectivity index (χ2v) is 9.79. The molecule has 1 N–H and O–H groups in total. The van der Waals surface area contributed by atoms with E-state index in [4.69, 9.17) is 16.7 Å². The van der Waals surface area contributed by atoms with E-state index in [1.165, 1.54) is 11.3 Å². The highest BCUT2D eigenvalue weighted by Gasteiger charge is 2.27. The Hall–Kier alpha value is -2.83. The average molecular weight is 480 g/mol. The lowest BCUT2D eigenvalue weighted by atomic mass is 10.0. The molecule has 4 rings (SSSR count). The summed E-state index contributed by atoms with van der Waals surface area (Å²) in [6.45, 7) is 10.5. The zero-order valence-corrected chi connectivity index (χ0v) is 21.1. The van der Waals surface area contributed by atoms with Crippen LogP contribution in [0.3, 0.4) is 0 Å². The van der Waals surface area contributed by atoms with E-state index in [1.807, 2.05) is 64.2 Å². The summed E-state index contributed by atoms with van der Waals surface area (Å²) in [6, 6.07) is 17.3. The van der Waals surface area contributed by atoms with Crippen molar-refractivity contribution in [3.63, 3.8) is 0 Å². The van der Waals surface area contributed by atoms with Crippen LogP contribution in [-0.2, 0) is 19.5 Å². The number of nitrogens with zero attached hydrogens (tertiary/aromatic N) is 4. The molecule has 1 aromatic heterocycles. The van der Waals surface area contributed by atoms with Crippen molar-refractivity contribution in [1.82, 2.24) is 19.6 Å². The van der Waals surface area contributed by atoms with Gasteiger partial charge in [-0.2, -0.15) is 5.10 Å². The maximum atomic E-state index is 13.3. The summed E-state index contributed by atoms with van der Waals surface area (Å²) in [7, 11) is 0. The number of aromatic nitrogens is 2. The predicted octanol–water partition coefficient (Wildman–Crippen LogP) is 5.98. The smallest absolute Gasteiger partial charge is 0.318 e. The minimum Gasteiger partial charge on any atom is -0.318 e. The second kappa shape index (κ2) is 11.1. The number of hydrogen-bond acceptors (Lipinski definition) is 3. The fourth-order valence-corrected chi connectivity index (χ4v) is 4.66. The van der Waals surface area contributed by atoms with Gasteiger partial charge in [-0.25, -0.2) is 9.48 Å². The van der Waals surface area contributed by atoms with Gasteiger partial charge in [-0.1, -0.05) is 50.6 Å². The number of nitrogens with one attached hydrogen (secondary N) is 1. The number of anilines is 1.